The van der Waals surface area contributed by atoms with Crippen LogP contribution >= 0.6 is 11.3 Å². The van der Waals surface area contributed by atoms with Gasteiger partial charge in [-0.25, -0.2) is 0 Å². The van der Waals surface area contributed by atoms with E-state index in [0.717, 1.165) is 6.54 Å². The van der Waals surface area contributed by atoms with Gasteiger partial charge in [-0.2, -0.15) is 0 Å². The van der Waals surface area contributed by atoms with Crippen LogP contribution in [0.4, 0.5) is 5.13 Å². The van der Waals surface area contributed by atoms with Crippen LogP contribution in [-0.2, 0) is 6.54 Å². The minimum atomic E-state index is -0.275. The molecule has 0 saturated carbocycles. The Balaban J connectivity index is 1.90. The topological polar surface area (TPSA) is 92.9 Å². The molecular formula is C9H11N5O2S. The Morgan fingerprint density at radius 1 is 1.53 bits per heavy atom. The van der Waals surface area contributed by atoms with E-state index in [4.69, 9.17) is 4.52 Å². The third kappa shape index (κ3) is 3.00. The van der Waals surface area contributed by atoms with Crippen LogP contribution in [0.25, 0.3) is 0 Å². The van der Waals surface area contributed by atoms with Gasteiger partial charge in [0.15, 0.2) is 5.76 Å². The van der Waals surface area contributed by atoms with Crippen molar-refractivity contribution in [2.24, 2.45) is 0 Å². The first kappa shape index (κ1) is 11.5. The molecule has 8 heteroatoms. The summed E-state index contributed by atoms with van der Waals surface area (Å²) < 4.78 is 4.85. The van der Waals surface area contributed by atoms with Crippen LogP contribution in [0.15, 0.2) is 16.8 Å². The third-order valence-corrected chi connectivity index (χ3v) is 2.74. The number of amides is 1. The van der Waals surface area contributed by atoms with Crippen molar-refractivity contribution in [2.75, 3.05) is 11.9 Å². The molecule has 17 heavy (non-hydrogen) atoms. The molecule has 0 aliphatic rings. The van der Waals surface area contributed by atoms with Crippen LogP contribution in [0.2, 0.25) is 0 Å². The quantitative estimate of drug-likeness (QED) is 0.822. The second kappa shape index (κ2) is 5.39. The summed E-state index contributed by atoms with van der Waals surface area (Å²) >= 11 is 1.21. The van der Waals surface area contributed by atoms with Crippen molar-refractivity contribution in [1.29, 1.82) is 0 Å². The summed E-state index contributed by atoms with van der Waals surface area (Å²) in [5, 5.41) is 17.8. The molecule has 90 valence electrons. The highest BCUT2D eigenvalue weighted by Crippen LogP contribution is 2.14. The standard InChI is InChI=1S/C9H11N5O2S/c1-2-10-9-14-13-8(17-9)7(15)11-5-6-3-4-12-16-6/h3-4H,2,5H2,1H3,(H,10,14)(H,11,15). The highest BCUT2D eigenvalue weighted by molar-refractivity contribution is 7.17. The van der Waals surface area contributed by atoms with Gasteiger partial charge in [0.05, 0.1) is 12.7 Å². The van der Waals surface area contributed by atoms with Crippen molar-refractivity contribution in [3.63, 3.8) is 0 Å². The summed E-state index contributed by atoms with van der Waals surface area (Å²) in [7, 11) is 0. The second-order valence-electron chi connectivity index (χ2n) is 3.10. The van der Waals surface area contributed by atoms with Gasteiger partial charge in [-0.3, -0.25) is 4.79 Å². The van der Waals surface area contributed by atoms with Crippen LogP contribution in [0.5, 0.6) is 0 Å². The van der Waals surface area contributed by atoms with Gasteiger partial charge < -0.3 is 15.2 Å². The minimum absolute atomic E-state index is 0.275. The van der Waals surface area contributed by atoms with E-state index in [-0.39, 0.29) is 12.5 Å². The molecule has 2 heterocycles. The molecule has 0 fully saturated rings. The fourth-order valence-corrected chi connectivity index (χ4v) is 1.84. The van der Waals surface area contributed by atoms with Crippen molar-refractivity contribution < 1.29 is 9.32 Å². The predicted molar refractivity (Wildman–Crippen MR) is 61.7 cm³/mol. The lowest BCUT2D eigenvalue weighted by atomic mass is 10.4. The van der Waals surface area contributed by atoms with E-state index in [2.05, 4.69) is 26.0 Å². The van der Waals surface area contributed by atoms with Gasteiger partial charge in [0.25, 0.3) is 5.91 Å². The SMILES string of the molecule is CCNc1nnc(C(=O)NCc2ccno2)s1. The number of hydrogen-bond acceptors (Lipinski definition) is 7. The van der Waals surface area contributed by atoms with E-state index in [9.17, 15) is 4.79 Å². The Kier molecular flexibility index (Phi) is 3.66. The van der Waals surface area contributed by atoms with Gasteiger partial charge in [0.1, 0.15) is 0 Å². The van der Waals surface area contributed by atoms with E-state index < -0.39 is 0 Å². The van der Waals surface area contributed by atoms with Crippen LogP contribution in [-0.4, -0.2) is 27.8 Å². The van der Waals surface area contributed by atoms with Crippen LogP contribution in [0, 0.1) is 0 Å². The molecule has 0 unspecified atom stereocenters. The summed E-state index contributed by atoms with van der Waals surface area (Å²) in [4.78, 5) is 11.7. The molecule has 2 aromatic rings. The van der Waals surface area contributed by atoms with Crippen LogP contribution < -0.4 is 10.6 Å². The Hall–Kier alpha value is -1.96. The first-order valence-corrected chi connectivity index (χ1v) is 5.86. The Morgan fingerprint density at radius 2 is 2.41 bits per heavy atom. The Morgan fingerprint density at radius 3 is 3.12 bits per heavy atom. The lowest BCUT2D eigenvalue weighted by molar-refractivity contribution is 0.0946. The molecule has 2 N–H and O–H groups in total. The molecule has 0 spiro atoms. The monoisotopic (exact) mass is 253 g/mol. The fourth-order valence-electron chi connectivity index (χ4n) is 1.11. The van der Waals surface area contributed by atoms with E-state index in [1.54, 1.807) is 6.07 Å². The molecule has 0 aliphatic carbocycles. The average molecular weight is 253 g/mol. The van der Waals surface area contributed by atoms with Crippen molar-refractivity contribution in [3.8, 4) is 0 Å². The molecule has 2 aromatic heterocycles. The van der Waals surface area contributed by atoms with Crippen molar-refractivity contribution >= 4 is 22.4 Å². The molecule has 0 atom stereocenters. The van der Waals surface area contributed by atoms with Gasteiger partial charge in [-0.1, -0.05) is 16.5 Å². The maximum Gasteiger partial charge on any atom is 0.282 e. The molecule has 0 aromatic carbocycles. The minimum Gasteiger partial charge on any atom is -0.360 e. The predicted octanol–water partition coefficient (Wildman–Crippen LogP) is 0.888. The van der Waals surface area contributed by atoms with E-state index in [0.29, 0.717) is 15.9 Å². The zero-order valence-electron chi connectivity index (χ0n) is 9.14. The number of hydrogen-bond donors (Lipinski definition) is 2. The average Bonchev–Trinajstić information content (AvgIpc) is 2.97. The molecule has 1 amide bonds. The molecule has 0 aliphatic heterocycles. The van der Waals surface area contributed by atoms with Crippen molar-refractivity contribution in [2.45, 2.75) is 13.5 Å². The summed E-state index contributed by atoms with van der Waals surface area (Å²) in [5.74, 6) is 0.317. The maximum atomic E-state index is 11.7. The third-order valence-electron chi connectivity index (χ3n) is 1.86. The van der Waals surface area contributed by atoms with Crippen LogP contribution in [0.3, 0.4) is 0 Å². The summed E-state index contributed by atoms with van der Waals surface area (Å²) in [5.41, 5.74) is 0. The molecule has 2 rings (SSSR count). The number of rotatable bonds is 5. The smallest absolute Gasteiger partial charge is 0.282 e. The number of anilines is 1. The summed E-state index contributed by atoms with van der Waals surface area (Å²) in [6.07, 6.45) is 1.52. The van der Waals surface area contributed by atoms with Gasteiger partial charge in [-0.05, 0) is 6.92 Å². The molecule has 0 saturated heterocycles. The molecule has 0 radical (unpaired) electrons. The first-order chi connectivity index (χ1) is 8.29. The summed E-state index contributed by atoms with van der Waals surface area (Å²) in [6.45, 7) is 2.98. The highest BCUT2D eigenvalue weighted by atomic mass is 32.1. The van der Waals surface area contributed by atoms with Crippen molar-refractivity contribution in [3.05, 3.63) is 23.0 Å². The number of carbonyl (C=O) groups is 1. The second-order valence-corrected chi connectivity index (χ2v) is 4.08. The highest BCUT2D eigenvalue weighted by Gasteiger charge is 2.12. The number of nitrogens with zero attached hydrogens (tertiary/aromatic N) is 3. The molecule has 7 nitrogen and oxygen atoms in total. The van der Waals surface area contributed by atoms with E-state index in [1.807, 2.05) is 6.92 Å². The maximum absolute atomic E-state index is 11.7. The van der Waals surface area contributed by atoms with Gasteiger partial charge in [0, 0.05) is 12.6 Å². The van der Waals surface area contributed by atoms with Crippen LogP contribution in [0.1, 0.15) is 22.5 Å². The Labute approximate surface area is 101 Å². The van der Waals surface area contributed by atoms with E-state index >= 15 is 0 Å². The zero-order valence-corrected chi connectivity index (χ0v) is 9.95. The van der Waals surface area contributed by atoms with E-state index in [1.165, 1.54) is 17.5 Å². The van der Waals surface area contributed by atoms with Gasteiger partial charge >= 0.3 is 0 Å². The summed E-state index contributed by atoms with van der Waals surface area (Å²) in [6, 6.07) is 1.68. The van der Waals surface area contributed by atoms with Gasteiger partial charge in [0.2, 0.25) is 10.1 Å². The largest absolute Gasteiger partial charge is 0.360 e. The van der Waals surface area contributed by atoms with Crippen molar-refractivity contribution in [1.82, 2.24) is 20.7 Å². The zero-order chi connectivity index (χ0) is 12.1. The normalized spacial score (nSPS) is 10.2. The fraction of sp³-hybridized carbons (Fsp3) is 0.333. The number of aromatic nitrogens is 3. The lowest BCUT2D eigenvalue weighted by Gasteiger charge is -1.97. The number of nitrogens with one attached hydrogen (secondary N) is 2. The Bertz CT molecular complexity index is 481. The molecule has 0 bridgehead atoms. The lowest BCUT2D eigenvalue weighted by Crippen LogP contribution is -2.22. The number of carbonyl (C=O) groups excluding carboxylic acids is 1. The first-order valence-electron chi connectivity index (χ1n) is 5.04. The molecular weight excluding hydrogens is 242 g/mol. The van der Waals surface area contributed by atoms with Gasteiger partial charge in [-0.15, -0.1) is 10.2 Å².